The monoisotopic (exact) mass is 360 g/mol. The zero-order valence-corrected chi connectivity index (χ0v) is 15.6. The van der Waals surface area contributed by atoms with Gasteiger partial charge in [0.25, 0.3) is 0 Å². The van der Waals surface area contributed by atoms with E-state index in [4.69, 9.17) is 9.47 Å². The maximum atomic E-state index is 12.1. The second-order valence-electron chi connectivity index (χ2n) is 7.15. The van der Waals surface area contributed by atoms with Gasteiger partial charge < -0.3 is 19.3 Å². The van der Waals surface area contributed by atoms with Gasteiger partial charge in [-0.05, 0) is 57.0 Å². The van der Waals surface area contributed by atoms with E-state index in [1.54, 1.807) is 4.90 Å². The molecule has 0 unspecified atom stereocenters. The predicted octanol–water partition coefficient (Wildman–Crippen LogP) is 2.47. The summed E-state index contributed by atoms with van der Waals surface area (Å²) in [6, 6.07) is 8.20. The van der Waals surface area contributed by atoms with Gasteiger partial charge in [0, 0.05) is 31.2 Å². The first kappa shape index (κ1) is 18.7. The SMILES string of the molecule is COC(=O)[C@@H]1CC(=O)N(c2ccc(OCCCN3CCC[C@@H]3C)cc2)C1. The van der Waals surface area contributed by atoms with Gasteiger partial charge in [-0.2, -0.15) is 0 Å². The highest BCUT2D eigenvalue weighted by Crippen LogP contribution is 2.27. The van der Waals surface area contributed by atoms with Gasteiger partial charge in [-0.15, -0.1) is 0 Å². The fourth-order valence-corrected chi connectivity index (χ4v) is 3.79. The Bertz CT molecular complexity index is 631. The van der Waals surface area contributed by atoms with E-state index in [0.717, 1.165) is 24.4 Å². The van der Waals surface area contributed by atoms with Crippen LogP contribution in [0.3, 0.4) is 0 Å². The van der Waals surface area contributed by atoms with Crippen molar-refractivity contribution in [1.29, 1.82) is 0 Å². The number of methoxy groups -OCH3 is 1. The molecule has 2 aliphatic heterocycles. The Morgan fingerprint density at radius 3 is 2.69 bits per heavy atom. The fourth-order valence-electron chi connectivity index (χ4n) is 3.79. The lowest BCUT2D eigenvalue weighted by Gasteiger charge is -2.20. The van der Waals surface area contributed by atoms with Crippen LogP contribution in [-0.2, 0) is 14.3 Å². The van der Waals surface area contributed by atoms with E-state index >= 15 is 0 Å². The summed E-state index contributed by atoms with van der Waals surface area (Å²) in [5, 5.41) is 0. The molecule has 0 N–H and O–H groups in total. The van der Waals surface area contributed by atoms with Crippen molar-refractivity contribution in [3.63, 3.8) is 0 Å². The minimum absolute atomic E-state index is 0.0474. The maximum absolute atomic E-state index is 12.1. The Labute approximate surface area is 155 Å². The Kier molecular flexibility index (Phi) is 6.14. The van der Waals surface area contributed by atoms with Crippen LogP contribution in [0.15, 0.2) is 24.3 Å². The zero-order valence-electron chi connectivity index (χ0n) is 15.6. The van der Waals surface area contributed by atoms with Gasteiger partial charge in [0.2, 0.25) is 5.91 Å². The first-order valence-electron chi connectivity index (χ1n) is 9.43. The van der Waals surface area contributed by atoms with Crippen molar-refractivity contribution in [3.05, 3.63) is 24.3 Å². The molecule has 1 aromatic carbocycles. The molecule has 26 heavy (non-hydrogen) atoms. The summed E-state index contributed by atoms with van der Waals surface area (Å²) in [4.78, 5) is 27.9. The molecule has 2 fully saturated rings. The van der Waals surface area contributed by atoms with E-state index in [2.05, 4.69) is 11.8 Å². The Morgan fingerprint density at radius 2 is 2.04 bits per heavy atom. The molecule has 6 nitrogen and oxygen atoms in total. The number of carbonyl (C=O) groups excluding carboxylic acids is 2. The number of hydrogen-bond donors (Lipinski definition) is 0. The van der Waals surface area contributed by atoms with Crippen LogP contribution in [0.4, 0.5) is 5.69 Å². The van der Waals surface area contributed by atoms with E-state index in [1.807, 2.05) is 24.3 Å². The maximum Gasteiger partial charge on any atom is 0.311 e. The van der Waals surface area contributed by atoms with E-state index in [1.165, 1.54) is 26.5 Å². The van der Waals surface area contributed by atoms with Gasteiger partial charge in [0.05, 0.1) is 19.6 Å². The second kappa shape index (κ2) is 8.54. The largest absolute Gasteiger partial charge is 0.494 e. The second-order valence-corrected chi connectivity index (χ2v) is 7.15. The molecular weight excluding hydrogens is 332 g/mol. The van der Waals surface area contributed by atoms with E-state index in [-0.39, 0.29) is 24.2 Å². The molecule has 0 aliphatic carbocycles. The summed E-state index contributed by atoms with van der Waals surface area (Å²) in [5.74, 6) is 0.0534. The van der Waals surface area contributed by atoms with Crippen LogP contribution in [0.25, 0.3) is 0 Å². The third-order valence-corrected chi connectivity index (χ3v) is 5.36. The Balaban J connectivity index is 1.46. The molecule has 0 spiro atoms. The molecule has 0 bridgehead atoms. The molecule has 0 aromatic heterocycles. The van der Waals surface area contributed by atoms with Crippen molar-refractivity contribution in [1.82, 2.24) is 4.90 Å². The molecule has 1 amide bonds. The highest BCUT2D eigenvalue weighted by atomic mass is 16.5. The standard InChI is InChI=1S/C20H28N2O4/c1-15-5-3-10-21(15)11-4-12-26-18-8-6-17(7-9-18)22-14-16(13-19(22)23)20(24)25-2/h6-9,15-16H,3-5,10-14H2,1-2H3/t15-,16+/m0/s1. The van der Waals surface area contributed by atoms with Crippen molar-refractivity contribution < 1.29 is 19.1 Å². The number of amides is 1. The third-order valence-electron chi connectivity index (χ3n) is 5.36. The minimum Gasteiger partial charge on any atom is -0.494 e. The number of nitrogens with zero attached hydrogens (tertiary/aromatic N) is 2. The molecule has 0 radical (unpaired) electrons. The van der Waals surface area contributed by atoms with Crippen LogP contribution in [0.5, 0.6) is 5.75 Å². The van der Waals surface area contributed by atoms with Crippen molar-refractivity contribution >= 4 is 17.6 Å². The zero-order chi connectivity index (χ0) is 18.5. The summed E-state index contributed by atoms with van der Waals surface area (Å²) in [5.41, 5.74) is 0.791. The number of esters is 1. The molecule has 2 atom stereocenters. The van der Waals surface area contributed by atoms with Crippen LogP contribution < -0.4 is 9.64 Å². The summed E-state index contributed by atoms with van der Waals surface area (Å²) in [6.45, 7) is 5.63. The smallest absolute Gasteiger partial charge is 0.311 e. The van der Waals surface area contributed by atoms with Crippen molar-refractivity contribution in [2.24, 2.45) is 5.92 Å². The van der Waals surface area contributed by atoms with Gasteiger partial charge in [0.1, 0.15) is 5.75 Å². The topological polar surface area (TPSA) is 59.1 Å². The summed E-state index contributed by atoms with van der Waals surface area (Å²) in [7, 11) is 1.35. The van der Waals surface area contributed by atoms with Gasteiger partial charge in [0.15, 0.2) is 0 Å². The van der Waals surface area contributed by atoms with Crippen LogP contribution in [0.1, 0.15) is 32.6 Å². The van der Waals surface area contributed by atoms with Crippen molar-refractivity contribution in [3.8, 4) is 5.75 Å². The highest BCUT2D eigenvalue weighted by Gasteiger charge is 2.35. The molecule has 1 aromatic rings. The molecule has 2 heterocycles. The molecule has 2 saturated heterocycles. The first-order chi connectivity index (χ1) is 12.6. The summed E-state index contributed by atoms with van der Waals surface area (Å²) in [6.07, 6.45) is 3.82. The van der Waals surface area contributed by atoms with Crippen LogP contribution in [0, 0.1) is 5.92 Å². The molecule has 142 valence electrons. The molecule has 2 aliphatic rings. The quantitative estimate of drug-likeness (QED) is 0.552. The normalized spacial score (nSPS) is 23.5. The number of carbonyl (C=O) groups is 2. The van der Waals surface area contributed by atoms with Gasteiger partial charge in [-0.1, -0.05) is 0 Å². The van der Waals surface area contributed by atoms with Crippen molar-refractivity contribution in [2.75, 3.05) is 38.3 Å². The molecule has 6 heteroatoms. The van der Waals surface area contributed by atoms with Gasteiger partial charge in [-0.3, -0.25) is 9.59 Å². The molecular formula is C20H28N2O4. The molecule has 0 saturated carbocycles. The van der Waals surface area contributed by atoms with E-state index < -0.39 is 0 Å². The number of rotatable bonds is 7. The number of benzene rings is 1. The van der Waals surface area contributed by atoms with Crippen LogP contribution in [-0.4, -0.2) is 56.2 Å². The van der Waals surface area contributed by atoms with Crippen LogP contribution in [0.2, 0.25) is 0 Å². The summed E-state index contributed by atoms with van der Waals surface area (Å²) < 4.78 is 10.6. The average molecular weight is 360 g/mol. The lowest BCUT2D eigenvalue weighted by atomic mass is 10.1. The summed E-state index contributed by atoms with van der Waals surface area (Å²) >= 11 is 0. The highest BCUT2D eigenvalue weighted by molar-refractivity contribution is 5.99. The average Bonchev–Trinajstić information content (AvgIpc) is 3.24. The first-order valence-corrected chi connectivity index (χ1v) is 9.43. The van der Waals surface area contributed by atoms with Crippen molar-refractivity contribution in [2.45, 2.75) is 38.6 Å². The lowest BCUT2D eigenvalue weighted by Crippen LogP contribution is -2.28. The van der Waals surface area contributed by atoms with E-state index in [9.17, 15) is 9.59 Å². The predicted molar refractivity (Wildman–Crippen MR) is 99.3 cm³/mol. The molecule has 3 rings (SSSR count). The number of hydrogen-bond acceptors (Lipinski definition) is 5. The lowest BCUT2D eigenvalue weighted by molar-refractivity contribution is -0.145. The van der Waals surface area contributed by atoms with E-state index in [0.29, 0.717) is 19.2 Å². The number of anilines is 1. The minimum atomic E-state index is -0.378. The number of likely N-dealkylation sites (tertiary alicyclic amines) is 1. The fraction of sp³-hybridized carbons (Fsp3) is 0.600. The Hall–Kier alpha value is -2.08. The third kappa shape index (κ3) is 4.36. The van der Waals surface area contributed by atoms with Gasteiger partial charge >= 0.3 is 5.97 Å². The number of ether oxygens (including phenoxy) is 2. The van der Waals surface area contributed by atoms with Gasteiger partial charge in [-0.25, -0.2) is 0 Å². The van der Waals surface area contributed by atoms with Crippen LogP contribution >= 0.6 is 0 Å². The Morgan fingerprint density at radius 1 is 1.27 bits per heavy atom.